The van der Waals surface area contributed by atoms with Gasteiger partial charge in [0.15, 0.2) is 0 Å². The molecule has 0 aliphatic carbocycles. The molecule has 0 spiro atoms. The first-order valence-corrected chi connectivity index (χ1v) is 6.72. The van der Waals surface area contributed by atoms with Crippen LogP contribution in [0.2, 0.25) is 0 Å². The second-order valence-corrected chi connectivity index (χ2v) is 5.96. The Balaban J connectivity index is 2.24. The summed E-state index contributed by atoms with van der Waals surface area (Å²) < 4.78 is 0. The number of hydrogen-bond donors (Lipinski definition) is 2. The minimum atomic E-state index is -0.160. The van der Waals surface area contributed by atoms with Gasteiger partial charge in [-0.25, -0.2) is 4.79 Å². The van der Waals surface area contributed by atoms with Gasteiger partial charge in [-0.3, -0.25) is 0 Å². The fourth-order valence-electron chi connectivity index (χ4n) is 2.18. The van der Waals surface area contributed by atoms with Crippen LogP contribution in [-0.4, -0.2) is 42.1 Å². The lowest BCUT2D eigenvalue weighted by atomic mass is 10.0. The first kappa shape index (κ1) is 14.3. The third-order valence-electron chi connectivity index (χ3n) is 2.95. The van der Waals surface area contributed by atoms with Crippen LogP contribution in [0.4, 0.5) is 4.79 Å². The second-order valence-electron chi connectivity index (χ2n) is 5.96. The lowest BCUT2D eigenvalue weighted by Gasteiger charge is -2.32. The van der Waals surface area contributed by atoms with Crippen molar-refractivity contribution in [2.24, 2.45) is 0 Å². The van der Waals surface area contributed by atoms with Crippen LogP contribution in [0.25, 0.3) is 0 Å². The lowest BCUT2D eigenvalue weighted by molar-refractivity contribution is 0.189. The van der Waals surface area contributed by atoms with E-state index in [9.17, 15) is 4.79 Å². The van der Waals surface area contributed by atoms with Gasteiger partial charge in [0.05, 0.1) is 0 Å². The van der Waals surface area contributed by atoms with Crippen LogP contribution in [0, 0.1) is 0 Å². The summed E-state index contributed by atoms with van der Waals surface area (Å²) in [5.41, 5.74) is -0.160. The van der Waals surface area contributed by atoms with E-state index in [-0.39, 0.29) is 11.6 Å². The zero-order chi connectivity index (χ0) is 12.9. The van der Waals surface area contributed by atoms with Crippen LogP contribution in [0.3, 0.4) is 0 Å². The van der Waals surface area contributed by atoms with Crippen molar-refractivity contribution in [2.45, 2.75) is 58.5 Å². The van der Waals surface area contributed by atoms with Gasteiger partial charge in [-0.05, 0) is 46.6 Å². The van der Waals surface area contributed by atoms with Gasteiger partial charge < -0.3 is 15.5 Å². The number of rotatable bonds is 3. The van der Waals surface area contributed by atoms with E-state index in [4.69, 9.17) is 0 Å². The molecular formula is C13H27N3O. The number of nitrogens with zero attached hydrogens (tertiary/aromatic N) is 1. The predicted molar refractivity (Wildman–Crippen MR) is 71.2 cm³/mol. The first-order chi connectivity index (χ1) is 7.90. The molecule has 1 rings (SSSR count). The molecule has 0 aromatic rings. The molecule has 1 fully saturated rings. The second kappa shape index (κ2) is 6.24. The summed E-state index contributed by atoms with van der Waals surface area (Å²) in [7, 11) is 0. The molecule has 17 heavy (non-hydrogen) atoms. The summed E-state index contributed by atoms with van der Waals surface area (Å²) in [6, 6.07) is 0.303. The summed E-state index contributed by atoms with van der Waals surface area (Å²) in [5.74, 6) is 0. The maximum Gasteiger partial charge on any atom is 0.315 e. The zero-order valence-corrected chi connectivity index (χ0v) is 11.7. The molecule has 1 aliphatic rings. The monoisotopic (exact) mass is 241 g/mol. The van der Waals surface area contributed by atoms with Crippen molar-refractivity contribution < 1.29 is 4.79 Å². The van der Waals surface area contributed by atoms with Crippen molar-refractivity contribution >= 4 is 6.03 Å². The smallest absolute Gasteiger partial charge is 0.315 e. The Hall–Kier alpha value is -0.770. The van der Waals surface area contributed by atoms with Crippen LogP contribution in [0.5, 0.6) is 0 Å². The third kappa shape index (κ3) is 5.91. The summed E-state index contributed by atoms with van der Waals surface area (Å²) in [6.45, 7) is 11.6. The van der Waals surface area contributed by atoms with E-state index < -0.39 is 0 Å². The molecule has 2 amide bonds. The molecular weight excluding hydrogens is 214 g/mol. The number of piperidine rings is 1. The molecule has 4 heteroatoms. The highest BCUT2D eigenvalue weighted by Crippen LogP contribution is 2.10. The average Bonchev–Trinajstić information content (AvgIpc) is 2.18. The van der Waals surface area contributed by atoms with Gasteiger partial charge in [-0.2, -0.15) is 0 Å². The van der Waals surface area contributed by atoms with Crippen LogP contribution in [0.15, 0.2) is 0 Å². The summed E-state index contributed by atoms with van der Waals surface area (Å²) in [5, 5.41) is 6.00. The van der Waals surface area contributed by atoms with E-state index in [0.29, 0.717) is 6.04 Å². The van der Waals surface area contributed by atoms with Crippen LogP contribution >= 0.6 is 0 Å². The Bertz CT molecular complexity index is 240. The Morgan fingerprint density at radius 1 is 1.29 bits per heavy atom. The number of carbonyl (C=O) groups is 1. The molecule has 1 aliphatic heterocycles. The standard InChI is InChI=1S/C13H27N3O/c1-5-8-16-9-6-11(7-10-16)14-12(17)15-13(2,3)4/h11H,5-10H2,1-4H3,(H2,14,15,17). The predicted octanol–water partition coefficient (Wildman–Crippen LogP) is 1.96. The van der Waals surface area contributed by atoms with Crippen molar-refractivity contribution in [2.75, 3.05) is 19.6 Å². The van der Waals surface area contributed by atoms with Crippen molar-refractivity contribution in [3.8, 4) is 0 Å². The number of carbonyl (C=O) groups excluding carboxylic acids is 1. The van der Waals surface area contributed by atoms with Gasteiger partial charge in [-0.15, -0.1) is 0 Å². The molecule has 1 saturated heterocycles. The topological polar surface area (TPSA) is 44.4 Å². The molecule has 0 atom stereocenters. The van der Waals surface area contributed by atoms with E-state index in [1.165, 1.54) is 13.0 Å². The maximum absolute atomic E-state index is 11.7. The van der Waals surface area contributed by atoms with Gasteiger partial charge in [0.1, 0.15) is 0 Å². The zero-order valence-electron chi connectivity index (χ0n) is 11.7. The lowest BCUT2D eigenvalue weighted by Crippen LogP contribution is -2.52. The van der Waals surface area contributed by atoms with E-state index in [1.807, 2.05) is 20.8 Å². The molecule has 0 bridgehead atoms. The number of likely N-dealkylation sites (tertiary alicyclic amines) is 1. The highest BCUT2D eigenvalue weighted by molar-refractivity contribution is 5.74. The highest BCUT2D eigenvalue weighted by atomic mass is 16.2. The third-order valence-corrected chi connectivity index (χ3v) is 2.95. The van der Waals surface area contributed by atoms with Gasteiger partial charge in [0.25, 0.3) is 0 Å². The molecule has 0 aromatic carbocycles. The number of nitrogens with one attached hydrogen (secondary N) is 2. The minimum absolute atomic E-state index is 0.0357. The normalized spacial score (nSPS) is 19.1. The number of urea groups is 1. The van der Waals surface area contributed by atoms with Crippen molar-refractivity contribution in [3.63, 3.8) is 0 Å². The molecule has 0 unspecified atom stereocenters. The highest BCUT2D eigenvalue weighted by Gasteiger charge is 2.21. The summed E-state index contributed by atoms with van der Waals surface area (Å²) in [6.07, 6.45) is 3.34. The Morgan fingerprint density at radius 3 is 2.35 bits per heavy atom. The van der Waals surface area contributed by atoms with Gasteiger partial charge in [0.2, 0.25) is 0 Å². The summed E-state index contributed by atoms with van der Waals surface area (Å²) >= 11 is 0. The summed E-state index contributed by atoms with van der Waals surface area (Å²) in [4.78, 5) is 14.2. The van der Waals surface area contributed by atoms with Crippen molar-refractivity contribution in [3.05, 3.63) is 0 Å². The molecule has 0 saturated carbocycles. The fraction of sp³-hybridized carbons (Fsp3) is 0.923. The van der Waals surface area contributed by atoms with Gasteiger partial charge in [0, 0.05) is 24.7 Å². The Kier molecular flexibility index (Phi) is 5.25. The quantitative estimate of drug-likeness (QED) is 0.793. The van der Waals surface area contributed by atoms with Crippen molar-refractivity contribution in [1.29, 1.82) is 0 Å². The van der Waals surface area contributed by atoms with E-state index in [0.717, 1.165) is 25.9 Å². The number of amides is 2. The molecule has 0 aromatic heterocycles. The molecule has 0 radical (unpaired) electrons. The van der Waals surface area contributed by atoms with E-state index in [2.05, 4.69) is 22.5 Å². The largest absolute Gasteiger partial charge is 0.335 e. The molecule has 100 valence electrons. The van der Waals surface area contributed by atoms with Crippen LogP contribution < -0.4 is 10.6 Å². The molecule has 4 nitrogen and oxygen atoms in total. The minimum Gasteiger partial charge on any atom is -0.335 e. The van der Waals surface area contributed by atoms with Gasteiger partial charge in [-0.1, -0.05) is 6.92 Å². The van der Waals surface area contributed by atoms with Crippen LogP contribution in [-0.2, 0) is 0 Å². The number of hydrogen-bond acceptors (Lipinski definition) is 2. The molecule has 2 N–H and O–H groups in total. The van der Waals surface area contributed by atoms with Crippen LogP contribution in [0.1, 0.15) is 47.0 Å². The maximum atomic E-state index is 11.7. The van der Waals surface area contributed by atoms with E-state index >= 15 is 0 Å². The fourth-order valence-corrected chi connectivity index (χ4v) is 2.18. The first-order valence-electron chi connectivity index (χ1n) is 6.72. The SMILES string of the molecule is CCCN1CCC(NC(=O)NC(C)(C)C)CC1. The van der Waals surface area contributed by atoms with Crippen molar-refractivity contribution in [1.82, 2.24) is 15.5 Å². The van der Waals surface area contributed by atoms with Gasteiger partial charge >= 0.3 is 6.03 Å². The van der Waals surface area contributed by atoms with E-state index in [1.54, 1.807) is 0 Å². The Morgan fingerprint density at radius 2 is 1.88 bits per heavy atom. The average molecular weight is 241 g/mol. The Labute approximate surface area is 105 Å². The molecule has 1 heterocycles.